The zero-order valence-corrected chi connectivity index (χ0v) is 13.7. The lowest BCUT2D eigenvalue weighted by atomic mass is 9.91. The van der Waals surface area contributed by atoms with Crippen molar-refractivity contribution in [3.05, 3.63) is 30.0 Å². The number of aromatic nitrogens is 1. The molecule has 0 aliphatic carbocycles. The first-order valence-electron chi connectivity index (χ1n) is 8.80. The van der Waals surface area contributed by atoms with Gasteiger partial charge in [-0.3, -0.25) is 0 Å². The van der Waals surface area contributed by atoms with E-state index in [9.17, 15) is 0 Å². The Hall–Kier alpha value is -1.48. The first kappa shape index (κ1) is 15.4. The van der Waals surface area contributed by atoms with Crippen LogP contribution in [-0.2, 0) is 6.42 Å². The molecule has 3 heteroatoms. The van der Waals surface area contributed by atoms with Crippen molar-refractivity contribution in [3.63, 3.8) is 0 Å². The number of hydrogen-bond donors (Lipinski definition) is 2. The number of aryl methyl sites for hydroxylation is 1. The van der Waals surface area contributed by atoms with Gasteiger partial charge in [0.2, 0.25) is 0 Å². The SMILES string of the molecule is CCCCOc1ccc2[nH]cc(CCC3CCNCC3)c2c1. The van der Waals surface area contributed by atoms with Crippen molar-refractivity contribution in [2.24, 2.45) is 5.92 Å². The third kappa shape index (κ3) is 3.83. The molecule has 2 aromatic rings. The van der Waals surface area contributed by atoms with Crippen LogP contribution in [-0.4, -0.2) is 24.7 Å². The van der Waals surface area contributed by atoms with Gasteiger partial charge in [-0.05, 0) is 74.9 Å². The molecule has 0 amide bonds. The predicted octanol–water partition coefficient (Wildman–Crippen LogP) is 4.28. The maximum atomic E-state index is 5.85. The summed E-state index contributed by atoms with van der Waals surface area (Å²) in [5.41, 5.74) is 2.66. The Labute approximate surface area is 133 Å². The Kier molecular flexibility index (Phi) is 5.38. The van der Waals surface area contributed by atoms with Crippen LogP contribution in [0, 0.1) is 5.92 Å². The van der Waals surface area contributed by atoms with Crippen molar-refractivity contribution in [1.82, 2.24) is 10.3 Å². The third-order valence-electron chi connectivity index (χ3n) is 4.79. The molecular weight excluding hydrogens is 272 g/mol. The Morgan fingerprint density at radius 1 is 1.23 bits per heavy atom. The van der Waals surface area contributed by atoms with Gasteiger partial charge in [-0.2, -0.15) is 0 Å². The third-order valence-corrected chi connectivity index (χ3v) is 4.79. The van der Waals surface area contributed by atoms with Crippen LogP contribution < -0.4 is 10.1 Å². The van der Waals surface area contributed by atoms with Gasteiger partial charge in [0, 0.05) is 17.1 Å². The van der Waals surface area contributed by atoms with Gasteiger partial charge >= 0.3 is 0 Å². The summed E-state index contributed by atoms with van der Waals surface area (Å²) in [4.78, 5) is 3.40. The summed E-state index contributed by atoms with van der Waals surface area (Å²) in [6.45, 7) is 5.39. The van der Waals surface area contributed by atoms with Crippen LogP contribution in [0.5, 0.6) is 5.75 Å². The van der Waals surface area contributed by atoms with Gasteiger partial charge in [-0.15, -0.1) is 0 Å². The number of nitrogens with one attached hydrogen (secondary N) is 2. The summed E-state index contributed by atoms with van der Waals surface area (Å²) in [7, 11) is 0. The number of H-pyrrole nitrogens is 1. The fourth-order valence-corrected chi connectivity index (χ4v) is 3.32. The molecule has 0 radical (unpaired) electrons. The molecule has 1 aromatic carbocycles. The van der Waals surface area contributed by atoms with Crippen LogP contribution in [0.3, 0.4) is 0 Å². The minimum atomic E-state index is 0.816. The van der Waals surface area contributed by atoms with Gasteiger partial charge in [0.05, 0.1) is 6.61 Å². The summed E-state index contributed by atoms with van der Waals surface area (Å²) in [5, 5.41) is 4.78. The molecule has 1 saturated heterocycles. The van der Waals surface area contributed by atoms with Crippen LogP contribution in [0.1, 0.15) is 44.6 Å². The Bertz CT molecular complexity index is 584. The molecule has 0 spiro atoms. The number of rotatable bonds is 7. The standard InChI is InChI=1S/C19H28N2O/c1-2-3-12-22-17-6-7-19-18(13-17)16(14-21-19)5-4-15-8-10-20-11-9-15/h6-7,13-15,20-21H,2-5,8-12H2,1H3. The van der Waals surface area contributed by atoms with E-state index in [-0.39, 0.29) is 0 Å². The summed E-state index contributed by atoms with van der Waals surface area (Å²) >= 11 is 0. The highest BCUT2D eigenvalue weighted by Gasteiger charge is 2.14. The first-order chi connectivity index (χ1) is 10.9. The van der Waals surface area contributed by atoms with Crippen molar-refractivity contribution < 1.29 is 4.74 Å². The second-order valence-electron chi connectivity index (χ2n) is 6.46. The number of fused-ring (bicyclic) bond motifs is 1. The largest absolute Gasteiger partial charge is 0.494 e. The van der Waals surface area contributed by atoms with Gasteiger partial charge in [-0.25, -0.2) is 0 Å². The van der Waals surface area contributed by atoms with Crippen LogP contribution in [0.15, 0.2) is 24.4 Å². The van der Waals surface area contributed by atoms with E-state index in [4.69, 9.17) is 4.74 Å². The number of unbranched alkanes of at least 4 members (excludes halogenated alkanes) is 1. The van der Waals surface area contributed by atoms with E-state index >= 15 is 0 Å². The van der Waals surface area contributed by atoms with Crippen molar-refractivity contribution in [1.29, 1.82) is 0 Å². The average Bonchev–Trinajstić information content (AvgIpc) is 2.97. The second kappa shape index (κ2) is 7.68. The van der Waals surface area contributed by atoms with Crippen molar-refractivity contribution >= 4 is 10.9 Å². The zero-order chi connectivity index (χ0) is 15.2. The van der Waals surface area contributed by atoms with Gasteiger partial charge < -0.3 is 15.0 Å². The molecule has 2 N–H and O–H groups in total. The predicted molar refractivity (Wildman–Crippen MR) is 92.6 cm³/mol. The maximum absolute atomic E-state index is 5.85. The smallest absolute Gasteiger partial charge is 0.120 e. The van der Waals surface area contributed by atoms with E-state index in [1.807, 2.05) is 0 Å². The van der Waals surface area contributed by atoms with Crippen molar-refractivity contribution in [2.75, 3.05) is 19.7 Å². The number of ether oxygens (including phenoxy) is 1. The molecule has 22 heavy (non-hydrogen) atoms. The van der Waals surface area contributed by atoms with Gasteiger partial charge in [-0.1, -0.05) is 13.3 Å². The second-order valence-corrected chi connectivity index (χ2v) is 6.46. The topological polar surface area (TPSA) is 37.0 Å². The first-order valence-corrected chi connectivity index (χ1v) is 8.80. The molecule has 0 bridgehead atoms. The maximum Gasteiger partial charge on any atom is 0.120 e. The Morgan fingerprint density at radius 3 is 2.91 bits per heavy atom. The lowest BCUT2D eigenvalue weighted by Gasteiger charge is -2.22. The van der Waals surface area contributed by atoms with E-state index in [1.54, 1.807) is 0 Å². The number of hydrogen-bond acceptors (Lipinski definition) is 2. The van der Waals surface area contributed by atoms with E-state index in [0.717, 1.165) is 24.7 Å². The molecule has 1 aliphatic heterocycles. The summed E-state index contributed by atoms with van der Waals surface area (Å²) in [6, 6.07) is 6.43. The molecule has 3 rings (SSSR count). The highest BCUT2D eigenvalue weighted by atomic mass is 16.5. The van der Waals surface area contributed by atoms with Crippen molar-refractivity contribution in [2.45, 2.75) is 45.4 Å². The Balaban J connectivity index is 1.65. The molecule has 1 aliphatic rings. The van der Waals surface area contributed by atoms with Gasteiger partial charge in [0.25, 0.3) is 0 Å². The normalized spacial score (nSPS) is 16.2. The van der Waals surface area contributed by atoms with E-state index in [2.05, 4.69) is 41.6 Å². The molecule has 0 unspecified atom stereocenters. The van der Waals surface area contributed by atoms with Crippen LogP contribution >= 0.6 is 0 Å². The fraction of sp³-hybridized carbons (Fsp3) is 0.579. The quantitative estimate of drug-likeness (QED) is 0.749. The summed E-state index contributed by atoms with van der Waals surface area (Å²) < 4.78 is 5.85. The molecule has 120 valence electrons. The van der Waals surface area contributed by atoms with Crippen LogP contribution in [0.25, 0.3) is 10.9 Å². The van der Waals surface area contributed by atoms with E-state index < -0.39 is 0 Å². The highest BCUT2D eigenvalue weighted by Crippen LogP contribution is 2.27. The molecule has 0 atom stereocenters. The van der Waals surface area contributed by atoms with E-state index in [1.165, 1.54) is 61.7 Å². The number of aromatic amines is 1. The fourth-order valence-electron chi connectivity index (χ4n) is 3.32. The minimum Gasteiger partial charge on any atom is -0.494 e. The van der Waals surface area contributed by atoms with Gasteiger partial charge in [0.1, 0.15) is 5.75 Å². The minimum absolute atomic E-state index is 0.816. The average molecular weight is 300 g/mol. The molecule has 3 nitrogen and oxygen atoms in total. The van der Waals surface area contributed by atoms with Gasteiger partial charge in [0.15, 0.2) is 0 Å². The molecule has 1 aromatic heterocycles. The molecule has 1 fully saturated rings. The van der Waals surface area contributed by atoms with E-state index in [0.29, 0.717) is 0 Å². The lowest BCUT2D eigenvalue weighted by molar-refractivity contribution is 0.310. The Morgan fingerprint density at radius 2 is 2.09 bits per heavy atom. The molecule has 2 heterocycles. The lowest BCUT2D eigenvalue weighted by Crippen LogP contribution is -2.27. The summed E-state index contributed by atoms with van der Waals surface area (Å²) in [5.74, 6) is 1.89. The zero-order valence-electron chi connectivity index (χ0n) is 13.7. The highest BCUT2D eigenvalue weighted by molar-refractivity contribution is 5.84. The molecular formula is C19H28N2O. The monoisotopic (exact) mass is 300 g/mol. The molecule has 0 saturated carbocycles. The summed E-state index contributed by atoms with van der Waals surface area (Å²) in [6.07, 6.45) is 9.60. The van der Waals surface area contributed by atoms with Crippen LogP contribution in [0.2, 0.25) is 0 Å². The van der Waals surface area contributed by atoms with Crippen LogP contribution in [0.4, 0.5) is 0 Å². The van der Waals surface area contributed by atoms with Crippen molar-refractivity contribution in [3.8, 4) is 5.75 Å². The number of benzene rings is 1. The number of piperidine rings is 1.